The van der Waals surface area contributed by atoms with Crippen LogP contribution in [-0.2, 0) is 5.41 Å². The number of benzene rings is 2. The van der Waals surface area contributed by atoms with E-state index >= 15 is 0 Å². The van der Waals surface area contributed by atoms with Crippen LogP contribution in [0.2, 0.25) is 0 Å². The highest BCUT2D eigenvalue weighted by molar-refractivity contribution is 5.97. The van der Waals surface area contributed by atoms with Crippen molar-refractivity contribution in [3.05, 3.63) is 92.3 Å². The number of ketones is 1. The number of nitro groups is 1. The summed E-state index contributed by atoms with van der Waals surface area (Å²) >= 11 is 0. The van der Waals surface area contributed by atoms with E-state index in [1.165, 1.54) is 25.1 Å². The summed E-state index contributed by atoms with van der Waals surface area (Å²) in [6.45, 7) is 5.21. The van der Waals surface area contributed by atoms with Gasteiger partial charge >= 0.3 is 6.18 Å². The molecule has 6 nitrogen and oxygen atoms in total. The fourth-order valence-electron chi connectivity index (χ4n) is 4.11. The topological polar surface area (TPSA) is 78.0 Å². The van der Waals surface area contributed by atoms with Crippen LogP contribution in [0.25, 0.3) is 5.69 Å². The summed E-state index contributed by atoms with van der Waals surface area (Å²) < 4.78 is 45.4. The van der Waals surface area contributed by atoms with Crippen LogP contribution in [0, 0.1) is 37.8 Å². The maximum atomic E-state index is 14.6. The van der Waals surface area contributed by atoms with E-state index in [9.17, 15) is 28.1 Å². The zero-order chi connectivity index (χ0) is 24.6. The first-order valence-electron chi connectivity index (χ1n) is 10.3. The maximum absolute atomic E-state index is 14.6. The van der Waals surface area contributed by atoms with Gasteiger partial charge in [0.15, 0.2) is 11.2 Å². The van der Waals surface area contributed by atoms with E-state index in [4.69, 9.17) is 0 Å². The smallest absolute Gasteiger partial charge is 0.294 e. The summed E-state index contributed by atoms with van der Waals surface area (Å²) in [4.78, 5) is 23.5. The van der Waals surface area contributed by atoms with Crippen LogP contribution in [0.4, 0.5) is 13.2 Å². The average Bonchev–Trinajstić information content (AvgIpc) is 3.28. The van der Waals surface area contributed by atoms with Gasteiger partial charge in [-0.3, -0.25) is 14.9 Å². The van der Waals surface area contributed by atoms with E-state index in [0.717, 1.165) is 5.56 Å². The Morgan fingerprint density at radius 1 is 1.06 bits per heavy atom. The Kier molecular flexibility index (Phi) is 6.44. The quantitative estimate of drug-likeness (QED) is 0.267. The molecule has 1 heterocycles. The molecule has 0 N–H and O–H groups in total. The molecule has 0 spiro atoms. The Bertz CT molecular complexity index is 1190. The number of hydrogen-bond donors (Lipinski definition) is 0. The molecule has 0 amide bonds. The molecule has 0 bridgehead atoms. The Hall–Kier alpha value is -3.49. The second-order valence-corrected chi connectivity index (χ2v) is 8.28. The van der Waals surface area contributed by atoms with Crippen molar-refractivity contribution < 1.29 is 22.9 Å². The highest BCUT2D eigenvalue weighted by atomic mass is 19.4. The summed E-state index contributed by atoms with van der Waals surface area (Å²) in [5.41, 5.74) is -0.187. The molecule has 0 aliphatic carbocycles. The second-order valence-electron chi connectivity index (χ2n) is 8.28. The number of alkyl halides is 3. The van der Waals surface area contributed by atoms with Gasteiger partial charge in [-0.15, -0.1) is 0 Å². The molecule has 2 aromatic carbocycles. The van der Waals surface area contributed by atoms with Crippen LogP contribution in [0.15, 0.2) is 48.8 Å². The Morgan fingerprint density at radius 3 is 2.21 bits per heavy atom. The van der Waals surface area contributed by atoms with E-state index < -0.39 is 35.3 Å². The molecular formula is C24H24F3N3O3. The van der Waals surface area contributed by atoms with Crippen molar-refractivity contribution in [2.75, 3.05) is 6.54 Å². The second kappa shape index (κ2) is 8.80. The number of carbonyl (C=O) groups excluding carboxylic acids is 1. The van der Waals surface area contributed by atoms with Gasteiger partial charge in [0.25, 0.3) is 0 Å². The normalized spacial score (nSPS) is 13.5. The molecule has 0 aliphatic rings. The van der Waals surface area contributed by atoms with Gasteiger partial charge in [-0.1, -0.05) is 6.07 Å². The van der Waals surface area contributed by atoms with E-state index in [1.54, 1.807) is 56.0 Å². The molecular weight excluding hydrogens is 435 g/mol. The highest BCUT2D eigenvalue weighted by Gasteiger charge is 2.61. The lowest BCUT2D eigenvalue weighted by Gasteiger charge is -2.34. The zero-order valence-electron chi connectivity index (χ0n) is 18.7. The van der Waals surface area contributed by atoms with Crippen LogP contribution in [0.3, 0.4) is 0 Å². The summed E-state index contributed by atoms with van der Waals surface area (Å²) in [6.07, 6.45) is -2.83. The number of hydrogen-bond acceptors (Lipinski definition) is 4. The maximum Gasteiger partial charge on any atom is 0.405 e. The summed E-state index contributed by atoms with van der Waals surface area (Å²) in [7, 11) is 0. The van der Waals surface area contributed by atoms with Crippen LogP contribution in [-0.4, -0.2) is 33.2 Å². The predicted octanol–water partition coefficient (Wildman–Crippen LogP) is 5.46. The van der Waals surface area contributed by atoms with E-state index in [1.807, 2.05) is 0 Å². The molecule has 9 heteroatoms. The van der Waals surface area contributed by atoms with Gasteiger partial charge in [0.05, 0.1) is 5.69 Å². The Morgan fingerprint density at radius 2 is 1.70 bits per heavy atom. The molecule has 33 heavy (non-hydrogen) atoms. The Labute approximate surface area is 189 Å². The molecule has 0 saturated carbocycles. The van der Waals surface area contributed by atoms with Crippen molar-refractivity contribution in [1.82, 2.24) is 9.78 Å². The number of nitrogens with zero attached hydrogens (tertiary/aromatic N) is 3. The minimum absolute atomic E-state index is 0.0427. The lowest BCUT2D eigenvalue weighted by molar-refractivity contribution is -0.501. The largest absolute Gasteiger partial charge is 0.405 e. The molecule has 1 atom stereocenters. The molecule has 0 aliphatic heterocycles. The van der Waals surface area contributed by atoms with Crippen LogP contribution in [0.5, 0.6) is 0 Å². The van der Waals surface area contributed by atoms with Gasteiger partial charge in [-0.2, -0.15) is 18.3 Å². The SMILES string of the molecule is Cc1cc(C(CC(=O)c2ccc(-n3cccn3)cc2)(C[N+](=O)[O-])C(F)(F)F)c(C)c(C)c1C. The molecule has 1 aromatic heterocycles. The lowest BCUT2D eigenvalue weighted by Crippen LogP contribution is -2.50. The van der Waals surface area contributed by atoms with Gasteiger partial charge in [0, 0.05) is 29.3 Å². The standard InChI is InChI=1S/C24H24F3N3O3/c1-15-12-21(18(4)17(3)16(15)2)23(14-30(32)33,24(25,26)27)13-22(31)19-6-8-20(9-7-19)29-11-5-10-28-29/h5-12H,13-14H2,1-4H3. The first-order valence-corrected chi connectivity index (χ1v) is 10.3. The van der Waals surface area contributed by atoms with Crippen LogP contribution < -0.4 is 0 Å². The van der Waals surface area contributed by atoms with Gasteiger partial charge in [0.1, 0.15) is 0 Å². The first-order chi connectivity index (χ1) is 15.4. The van der Waals surface area contributed by atoms with Crippen molar-refractivity contribution in [3.63, 3.8) is 0 Å². The summed E-state index contributed by atoms with van der Waals surface area (Å²) in [5.74, 6) is -0.823. The third-order valence-electron chi connectivity index (χ3n) is 6.36. The minimum atomic E-state index is -5.02. The predicted molar refractivity (Wildman–Crippen MR) is 117 cm³/mol. The Balaban J connectivity index is 2.11. The van der Waals surface area contributed by atoms with Gasteiger partial charge in [0.2, 0.25) is 6.54 Å². The third-order valence-corrected chi connectivity index (χ3v) is 6.36. The van der Waals surface area contributed by atoms with Gasteiger partial charge in [-0.05, 0) is 85.8 Å². The molecule has 0 fully saturated rings. The number of rotatable bonds is 7. The van der Waals surface area contributed by atoms with Crippen molar-refractivity contribution in [3.8, 4) is 5.69 Å². The number of aromatic nitrogens is 2. The number of Topliss-reactive ketones (excluding diaryl/α,β-unsaturated/α-hetero) is 1. The van der Waals surface area contributed by atoms with Crippen LogP contribution >= 0.6 is 0 Å². The fourth-order valence-corrected chi connectivity index (χ4v) is 4.11. The van der Waals surface area contributed by atoms with Crippen LogP contribution in [0.1, 0.15) is 44.6 Å². The zero-order valence-corrected chi connectivity index (χ0v) is 18.7. The number of carbonyl (C=O) groups is 1. The van der Waals surface area contributed by atoms with E-state index in [2.05, 4.69) is 5.10 Å². The number of halogens is 3. The minimum Gasteiger partial charge on any atom is -0.294 e. The average molecular weight is 459 g/mol. The van der Waals surface area contributed by atoms with E-state index in [0.29, 0.717) is 22.4 Å². The molecule has 0 radical (unpaired) electrons. The molecule has 1 unspecified atom stereocenters. The van der Waals surface area contributed by atoms with Crippen molar-refractivity contribution >= 4 is 5.78 Å². The molecule has 0 saturated heterocycles. The summed E-state index contributed by atoms with van der Waals surface area (Å²) in [5, 5.41) is 15.5. The van der Waals surface area contributed by atoms with Crippen molar-refractivity contribution in [2.45, 2.75) is 45.7 Å². The van der Waals surface area contributed by atoms with Crippen molar-refractivity contribution in [2.24, 2.45) is 0 Å². The molecule has 3 aromatic rings. The number of aryl methyl sites for hydroxylation is 1. The van der Waals surface area contributed by atoms with E-state index in [-0.39, 0.29) is 11.1 Å². The fraction of sp³-hybridized carbons (Fsp3) is 0.333. The third kappa shape index (κ3) is 4.53. The lowest BCUT2D eigenvalue weighted by atomic mass is 9.71. The van der Waals surface area contributed by atoms with Crippen molar-refractivity contribution in [1.29, 1.82) is 0 Å². The van der Waals surface area contributed by atoms with Gasteiger partial charge in [-0.25, -0.2) is 4.68 Å². The highest BCUT2D eigenvalue weighted by Crippen LogP contribution is 2.47. The molecule has 3 rings (SSSR count). The van der Waals surface area contributed by atoms with Gasteiger partial charge < -0.3 is 0 Å². The molecule has 174 valence electrons. The summed E-state index contributed by atoms with van der Waals surface area (Å²) in [6, 6.07) is 8.99. The monoisotopic (exact) mass is 459 g/mol. The first kappa shape index (κ1) is 24.2.